The van der Waals surface area contributed by atoms with Crippen LogP contribution >= 0.6 is 0 Å². The molecule has 1 aliphatic rings. The van der Waals surface area contributed by atoms with Crippen molar-refractivity contribution >= 4 is 9.84 Å². The van der Waals surface area contributed by atoms with Gasteiger partial charge in [0.15, 0.2) is 9.84 Å². The van der Waals surface area contributed by atoms with Gasteiger partial charge in [0.2, 0.25) is 0 Å². The van der Waals surface area contributed by atoms with Gasteiger partial charge in [-0.15, -0.1) is 0 Å². The van der Waals surface area contributed by atoms with Gasteiger partial charge in [-0.1, -0.05) is 13.8 Å². The van der Waals surface area contributed by atoms with Gasteiger partial charge in [-0.3, -0.25) is 0 Å². The van der Waals surface area contributed by atoms with Crippen LogP contribution in [0, 0.1) is 11.8 Å². The Balaban J connectivity index is 2.38. The molecule has 17 heavy (non-hydrogen) atoms. The van der Waals surface area contributed by atoms with E-state index in [1.54, 1.807) is 0 Å². The predicted molar refractivity (Wildman–Crippen MR) is 71.7 cm³/mol. The van der Waals surface area contributed by atoms with Crippen molar-refractivity contribution in [1.29, 1.82) is 0 Å². The van der Waals surface area contributed by atoms with Gasteiger partial charge < -0.3 is 10.6 Å². The first-order valence-corrected chi connectivity index (χ1v) is 8.43. The maximum atomic E-state index is 11.6. The zero-order valence-electron chi connectivity index (χ0n) is 11.1. The molecule has 2 unspecified atom stereocenters. The molecule has 5 heteroatoms. The van der Waals surface area contributed by atoms with Crippen LogP contribution in [-0.2, 0) is 9.84 Å². The molecular formula is C12H26N2O2S. The minimum atomic E-state index is -2.84. The maximum Gasteiger partial charge on any atom is 0.151 e. The Hall–Kier alpha value is -0.130. The number of nitrogens with two attached hydrogens (primary N) is 1. The molecule has 0 radical (unpaired) electrons. The minimum Gasteiger partial charge on any atom is -0.330 e. The molecule has 0 amide bonds. The van der Waals surface area contributed by atoms with Gasteiger partial charge >= 0.3 is 0 Å². The standard InChI is InChI=1S/C12H26N2O2S/c1-3-7-17(15,16)8-6-14-5-4-11(2)12(9-13)10-14/h11-12H,3-10,13H2,1-2H3. The Labute approximate surface area is 105 Å². The van der Waals surface area contributed by atoms with Gasteiger partial charge in [-0.25, -0.2) is 8.42 Å². The number of hydrogen-bond donors (Lipinski definition) is 1. The highest BCUT2D eigenvalue weighted by molar-refractivity contribution is 7.91. The van der Waals surface area contributed by atoms with Crippen molar-refractivity contribution in [3.8, 4) is 0 Å². The zero-order valence-corrected chi connectivity index (χ0v) is 11.9. The van der Waals surface area contributed by atoms with Crippen molar-refractivity contribution in [2.24, 2.45) is 17.6 Å². The molecule has 1 rings (SSSR count). The second-order valence-corrected chi connectivity index (χ2v) is 7.52. The highest BCUT2D eigenvalue weighted by atomic mass is 32.2. The minimum absolute atomic E-state index is 0.298. The van der Waals surface area contributed by atoms with Crippen molar-refractivity contribution in [3.05, 3.63) is 0 Å². The molecule has 1 aliphatic heterocycles. The van der Waals surface area contributed by atoms with E-state index < -0.39 is 9.84 Å². The molecule has 0 aliphatic carbocycles. The van der Waals surface area contributed by atoms with E-state index in [-0.39, 0.29) is 0 Å². The highest BCUT2D eigenvalue weighted by Gasteiger charge is 2.25. The maximum absolute atomic E-state index is 11.6. The van der Waals surface area contributed by atoms with Crippen molar-refractivity contribution in [1.82, 2.24) is 4.90 Å². The van der Waals surface area contributed by atoms with Crippen molar-refractivity contribution in [2.45, 2.75) is 26.7 Å². The van der Waals surface area contributed by atoms with E-state index in [9.17, 15) is 8.42 Å². The fourth-order valence-electron chi connectivity index (χ4n) is 2.42. The summed E-state index contributed by atoms with van der Waals surface area (Å²) in [5, 5.41) is 0. The SMILES string of the molecule is CCCS(=O)(=O)CCN1CCC(C)C(CN)C1. The van der Waals surface area contributed by atoms with E-state index in [4.69, 9.17) is 5.73 Å². The average molecular weight is 262 g/mol. The third-order valence-electron chi connectivity index (χ3n) is 3.73. The molecule has 2 N–H and O–H groups in total. The number of sulfone groups is 1. The van der Waals surface area contributed by atoms with Crippen LogP contribution in [0.5, 0.6) is 0 Å². The molecule has 2 atom stereocenters. The number of rotatable bonds is 6. The Morgan fingerprint density at radius 1 is 1.35 bits per heavy atom. The summed E-state index contributed by atoms with van der Waals surface area (Å²) < 4.78 is 23.3. The summed E-state index contributed by atoms with van der Waals surface area (Å²) in [6, 6.07) is 0. The van der Waals surface area contributed by atoms with Crippen LogP contribution in [0.15, 0.2) is 0 Å². The Kier molecular flexibility index (Phi) is 5.89. The summed E-state index contributed by atoms with van der Waals surface area (Å²) in [7, 11) is -2.84. The van der Waals surface area contributed by atoms with Crippen molar-refractivity contribution < 1.29 is 8.42 Å². The Bertz CT molecular complexity index is 316. The summed E-state index contributed by atoms with van der Waals surface area (Å²) in [6.45, 7) is 7.50. The Morgan fingerprint density at radius 3 is 2.65 bits per heavy atom. The number of likely N-dealkylation sites (tertiary alicyclic amines) is 1. The molecule has 4 nitrogen and oxygen atoms in total. The van der Waals surface area contributed by atoms with Crippen LogP contribution in [0.25, 0.3) is 0 Å². The lowest BCUT2D eigenvalue weighted by molar-refractivity contribution is 0.139. The first kappa shape index (κ1) is 14.9. The van der Waals surface area contributed by atoms with Gasteiger partial charge in [0.25, 0.3) is 0 Å². The smallest absolute Gasteiger partial charge is 0.151 e. The van der Waals surface area contributed by atoms with Crippen molar-refractivity contribution in [3.63, 3.8) is 0 Å². The molecule has 102 valence electrons. The lowest BCUT2D eigenvalue weighted by Crippen LogP contribution is -2.44. The molecule has 0 aromatic rings. The largest absolute Gasteiger partial charge is 0.330 e. The molecule has 0 spiro atoms. The number of piperidine rings is 1. The molecular weight excluding hydrogens is 236 g/mol. The van der Waals surface area contributed by atoms with Gasteiger partial charge in [0.05, 0.1) is 5.75 Å². The van der Waals surface area contributed by atoms with E-state index in [1.807, 2.05) is 6.92 Å². The first-order chi connectivity index (χ1) is 7.98. The van der Waals surface area contributed by atoms with Crippen LogP contribution in [0.2, 0.25) is 0 Å². The summed E-state index contributed by atoms with van der Waals surface area (Å²) in [6.07, 6.45) is 1.85. The van der Waals surface area contributed by atoms with E-state index >= 15 is 0 Å². The second kappa shape index (κ2) is 6.71. The monoisotopic (exact) mass is 262 g/mol. The Morgan fingerprint density at radius 2 is 2.06 bits per heavy atom. The molecule has 0 aromatic heterocycles. The van der Waals surface area contributed by atoms with Crippen molar-refractivity contribution in [2.75, 3.05) is 37.7 Å². The summed E-state index contributed by atoms with van der Waals surface area (Å²) >= 11 is 0. The molecule has 0 saturated carbocycles. The van der Waals surface area contributed by atoms with Crippen LogP contribution in [0.1, 0.15) is 26.7 Å². The van der Waals surface area contributed by atoms with Crippen LogP contribution in [0.3, 0.4) is 0 Å². The first-order valence-electron chi connectivity index (χ1n) is 6.61. The van der Waals surface area contributed by atoms with Gasteiger partial charge in [-0.05, 0) is 37.8 Å². The molecule has 1 saturated heterocycles. The van der Waals surface area contributed by atoms with Crippen LogP contribution in [-0.4, -0.2) is 51.0 Å². The summed E-state index contributed by atoms with van der Waals surface area (Å²) in [5.74, 6) is 1.81. The summed E-state index contributed by atoms with van der Waals surface area (Å²) in [4.78, 5) is 2.25. The lowest BCUT2D eigenvalue weighted by Gasteiger charge is -2.36. The molecule has 0 bridgehead atoms. The van der Waals surface area contributed by atoms with Gasteiger partial charge in [0.1, 0.15) is 0 Å². The van der Waals surface area contributed by atoms with E-state index in [0.29, 0.717) is 42.9 Å². The molecule has 1 heterocycles. The normalized spacial score (nSPS) is 27.2. The van der Waals surface area contributed by atoms with Gasteiger partial charge in [-0.2, -0.15) is 0 Å². The lowest BCUT2D eigenvalue weighted by atomic mass is 9.87. The van der Waals surface area contributed by atoms with Gasteiger partial charge in [0, 0.05) is 18.8 Å². The highest BCUT2D eigenvalue weighted by Crippen LogP contribution is 2.21. The third kappa shape index (κ3) is 4.94. The summed E-state index contributed by atoms with van der Waals surface area (Å²) in [5.41, 5.74) is 5.74. The third-order valence-corrected chi connectivity index (χ3v) is 5.57. The topological polar surface area (TPSA) is 63.4 Å². The van der Waals surface area contributed by atoms with Crippen LogP contribution < -0.4 is 5.73 Å². The molecule has 0 aromatic carbocycles. The fourth-order valence-corrected chi connectivity index (χ4v) is 3.78. The quantitative estimate of drug-likeness (QED) is 0.766. The van der Waals surface area contributed by atoms with Crippen LogP contribution in [0.4, 0.5) is 0 Å². The number of hydrogen-bond acceptors (Lipinski definition) is 4. The molecule has 1 fully saturated rings. The van der Waals surface area contributed by atoms with E-state index in [1.165, 1.54) is 0 Å². The fraction of sp³-hybridized carbons (Fsp3) is 1.00. The second-order valence-electron chi connectivity index (χ2n) is 5.21. The average Bonchev–Trinajstić information content (AvgIpc) is 2.28. The van der Waals surface area contributed by atoms with E-state index in [2.05, 4.69) is 11.8 Å². The predicted octanol–water partition coefficient (Wildman–Crippen LogP) is 0.728. The van der Waals surface area contributed by atoms with E-state index in [0.717, 1.165) is 19.5 Å². The number of nitrogens with zero attached hydrogens (tertiary/aromatic N) is 1. The zero-order chi connectivity index (χ0) is 12.9.